The normalized spacial score (nSPS) is 13.6. The van der Waals surface area contributed by atoms with E-state index in [0.29, 0.717) is 5.56 Å². The van der Waals surface area contributed by atoms with Gasteiger partial charge in [0.2, 0.25) is 0 Å². The third kappa shape index (κ3) is 4.08. The van der Waals surface area contributed by atoms with E-state index in [1.807, 2.05) is 0 Å². The SMILES string of the molecule is O=C1C(Nc2cccc(F)c2)=C(c2ccc([N+](=O)[O-])cc2)C(=O)N1Cc1ccc(F)cc1. The molecule has 3 aromatic carbocycles. The summed E-state index contributed by atoms with van der Waals surface area (Å²) >= 11 is 0. The molecule has 0 spiro atoms. The fraction of sp³-hybridized carbons (Fsp3) is 0.0435. The van der Waals surface area contributed by atoms with Crippen molar-refractivity contribution in [2.75, 3.05) is 5.32 Å². The highest BCUT2D eigenvalue weighted by Gasteiger charge is 2.39. The fourth-order valence-electron chi connectivity index (χ4n) is 3.34. The number of nitrogens with one attached hydrogen (secondary N) is 1. The lowest BCUT2D eigenvalue weighted by molar-refractivity contribution is -0.384. The summed E-state index contributed by atoms with van der Waals surface area (Å²) in [5.74, 6) is -2.28. The molecule has 1 heterocycles. The van der Waals surface area contributed by atoms with Crippen LogP contribution in [-0.2, 0) is 16.1 Å². The minimum Gasteiger partial charge on any atom is -0.350 e. The van der Waals surface area contributed by atoms with E-state index in [-0.39, 0.29) is 34.8 Å². The van der Waals surface area contributed by atoms with Crippen molar-refractivity contribution in [2.45, 2.75) is 6.54 Å². The van der Waals surface area contributed by atoms with E-state index in [4.69, 9.17) is 0 Å². The van der Waals surface area contributed by atoms with Gasteiger partial charge in [-0.05, 0) is 53.6 Å². The summed E-state index contributed by atoms with van der Waals surface area (Å²) in [7, 11) is 0. The Bertz CT molecular complexity index is 1250. The number of nitro groups is 1. The highest BCUT2D eigenvalue weighted by Crippen LogP contribution is 2.32. The maximum atomic E-state index is 13.6. The quantitative estimate of drug-likeness (QED) is 0.355. The molecular formula is C23H15F2N3O4. The van der Waals surface area contributed by atoms with Gasteiger partial charge in [0.15, 0.2) is 0 Å². The van der Waals surface area contributed by atoms with Gasteiger partial charge in [0.1, 0.15) is 17.3 Å². The number of non-ortho nitro benzene ring substituents is 1. The summed E-state index contributed by atoms with van der Waals surface area (Å²) in [6.07, 6.45) is 0. The molecule has 1 N–H and O–H groups in total. The van der Waals surface area contributed by atoms with E-state index in [1.54, 1.807) is 0 Å². The maximum absolute atomic E-state index is 13.6. The minimum atomic E-state index is -0.656. The van der Waals surface area contributed by atoms with Gasteiger partial charge >= 0.3 is 0 Å². The molecule has 1 aliphatic rings. The van der Waals surface area contributed by atoms with Gasteiger partial charge in [-0.3, -0.25) is 24.6 Å². The predicted octanol–water partition coefficient (Wildman–Crippen LogP) is 4.27. The molecule has 0 aliphatic carbocycles. The number of amides is 2. The summed E-state index contributed by atoms with van der Waals surface area (Å²) in [5, 5.41) is 13.8. The summed E-state index contributed by atoms with van der Waals surface area (Å²) in [4.78, 5) is 37.7. The average molecular weight is 435 g/mol. The Morgan fingerprint density at radius 2 is 1.56 bits per heavy atom. The van der Waals surface area contributed by atoms with Crippen LogP contribution in [0.2, 0.25) is 0 Å². The summed E-state index contributed by atoms with van der Waals surface area (Å²) in [5.41, 5.74) is 0.809. The molecule has 0 aromatic heterocycles. The zero-order valence-corrected chi connectivity index (χ0v) is 16.4. The molecule has 9 heteroatoms. The first kappa shape index (κ1) is 20.9. The molecule has 2 amide bonds. The third-order valence-electron chi connectivity index (χ3n) is 4.88. The van der Waals surface area contributed by atoms with Crippen molar-refractivity contribution in [2.24, 2.45) is 0 Å². The van der Waals surface area contributed by atoms with Gasteiger partial charge in [-0.25, -0.2) is 8.78 Å². The monoisotopic (exact) mass is 435 g/mol. The van der Waals surface area contributed by atoms with E-state index in [1.165, 1.54) is 72.8 Å². The van der Waals surface area contributed by atoms with Gasteiger partial charge < -0.3 is 5.32 Å². The van der Waals surface area contributed by atoms with Gasteiger partial charge in [0, 0.05) is 17.8 Å². The average Bonchev–Trinajstić information content (AvgIpc) is 2.99. The number of benzene rings is 3. The van der Waals surface area contributed by atoms with E-state index < -0.39 is 28.4 Å². The Labute approximate surface area is 180 Å². The van der Waals surface area contributed by atoms with Gasteiger partial charge in [-0.15, -0.1) is 0 Å². The highest BCUT2D eigenvalue weighted by atomic mass is 19.1. The van der Waals surface area contributed by atoms with Crippen LogP contribution >= 0.6 is 0 Å². The molecule has 1 aliphatic heterocycles. The first-order valence-electron chi connectivity index (χ1n) is 9.46. The summed E-state index contributed by atoms with van der Waals surface area (Å²) < 4.78 is 26.9. The zero-order valence-electron chi connectivity index (χ0n) is 16.4. The second kappa shape index (κ2) is 8.38. The van der Waals surface area contributed by atoms with E-state index in [2.05, 4.69) is 5.32 Å². The number of carbonyl (C=O) groups excluding carboxylic acids is 2. The second-order valence-electron chi connectivity index (χ2n) is 7.01. The number of anilines is 1. The highest BCUT2D eigenvalue weighted by molar-refractivity contribution is 6.36. The molecule has 0 saturated carbocycles. The standard InChI is InChI=1S/C23H15F2N3O4/c24-16-8-4-14(5-9-16)13-27-22(29)20(15-6-10-19(11-7-15)28(31)32)21(23(27)30)26-18-3-1-2-17(25)12-18/h1-12,26H,13H2. The van der Waals surface area contributed by atoms with Gasteiger partial charge in [0.25, 0.3) is 17.5 Å². The van der Waals surface area contributed by atoms with Crippen LogP contribution in [0, 0.1) is 21.7 Å². The van der Waals surface area contributed by atoms with Crippen LogP contribution in [0.15, 0.2) is 78.5 Å². The molecule has 0 unspecified atom stereocenters. The molecule has 7 nitrogen and oxygen atoms in total. The second-order valence-corrected chi connectivity index (χ2v) is 7.01. The molecule has 32 heavy (non-hydrogen) atoms. The number of carbonyl (C=O) groups is 2. The van der Waals surface area contributed by atoms with Crippen molar-refractivity contribution < 1.29 is 23.3 Å². The largest absolute Gasteiger partial charge is 0.350 e. The predicted molar refractivity (Wildman–Crippen MR) is 112 cm³/mol. The lowest BCUT2D eigenvalue weighted by Gasteiger charge is -2.15. The lowest BCUT2D eigenvalue weighted by atomic mass is 10.0. The van der Waals surface area contributed by atoms with Crippen LogP contribution < -0.4 is 5.32 Å². The van der Waals surface area contributed by atoms with Crippen LogP contribution in [-0.4, -0.2) is 21.6 Å². The Hall–Kier alpha value is -4.40. The maximum Gasteiger partial charge on any atom is 0.278 e. The Morgan fingerprint density at radius 3 is 2.19 bits per heavy atom. The number of rotatable bonds is 6. The number of nitrogens with zero attached hydrogens (tertiary/aromatic N) is 2. The number of halogens is 2. The van der Waals surface area contributed by atoms with Crippen molar-refractivity contribution in [3.63, 3.8) is 0 Å². The molecule has 0 radical (unpaired) electrons. The van der Waals surface area contributed by atoms with E-state index in [9.17, 15) is 28.5 Å². The molecule has 0 saturated heterocycles. The van der Waals surface area contributed by atoms with E-state index >= 15 is 0 Å². The molecule has 0 bridgehead atoms. The van der Waals surface area contributed by atoms with Crippen molar-refractivity contribution in [1.82, 2.24) is 4.90 Å². The van der Waals surface area contributed by atoms with Gasteiger partial charge in [0.05, 0.1) is 17.0 Å². The molecule has 0 atom stereocenters. The first-order valence-corrected chi connectivity index (χ1v) is 9.46. The van der Waals surface area contributed by atoms with Gasteiger partial charge in [-0.1, -0.05) is 18.2 Å². The van der Waals surface area contributed by atoms with Crippen molar-refractivity contribution >= 4 is 28.8 Å². The molecule has 3 aromatic rings. The number of hydrogen-bond acceptors (Lipinski definition) is 5. The zero-order chi connectivity index (χ0) is 22.8. The van der Waals surface area contributed by atoms with E-state index in [0.717, 1.165) is 4.90 Å². The molecule has 4 rings (SSSR count). The fourth-order valence-corrected chi connectivity index (χ4v) is 3.34. The first-order chi connectivity index (χ1) is 15.3. The molecule has 160 valence electrons. The Balaban J connectivity index is 1.74. The summed E-state index contributed by atoms with van der Waals surface area (Å²) in [6.45, 7) is -0.108. The van der Waals surface area contributed by atoms with Crippen molar-refractivity contribution in [3.8, 4) is 0 Å². The van der Waals surface area contributed by atoms with Crippen LogP contribution in [0.4, 0.5) is 20.2 Å². The number of nitro benzene ring substituents is 1. The molecular weight excluding hydrogens is 420 g/mol. The van der Waals surface area contributed by atoms with Gasteiger partial charge in [-0.2, -0.15) is 0 Å². The van der Waals surface area contributed by atoms with Crippen LogP contribution in [0.5, 0.6) is 0 Å². The third-order valence-corrected chi connectivity index (χ3v) is 4.88. The number of hydrogen-bond donors (Lipinski definition) is 1. The van der Waals surface area contributed by atoms with Crippen LogP contribution in [0.1, 0.15) is 11.1 Å². The van der Waals surface area contributed by atoms with Crippen LogP contribution in [0.25, 0.3) is 5.57 Å². The Kier molecular flexibility index (Phi) is 5.46. The van der Waals surface area contributed by atoms with Crippen molar-refractivity contribution in [1.29, 1.82) is 0 Å². The summed E-state index contributed by atoms with van der Waals surface area (Å²) in [6, 6.07) is 15.9. The van der Waals surface area contributed by atoms with Crippen LogP contribution in [0.3, 0.4) is 0 Å². The Morgan fingerprint density at radius 1 is 0.875 bits per heavy atom. The minimum absolute atomic E-state index is 0.00345. The number of imide groups is 1. The van der Waals surface area contributed by atoms with Crippen molar-refractivity contribution in [3.05, 3.63) is 111 Å². The molecule has 0 fully saturated rings. The smallest absolute Gasteiger partial charge is 0.278 e. The topological polar surface area (TPSA) is 92.5 Å². The lowest BCUT2D eigenvalue weighted by Crippen LogP contribution is -2.32.